The summed E-state index contributed by atoms with van der Waals surface area (Å²) < 4.78 is 0.443. The van der Waals surface area contributed by atoms with Gasteiger partial charge in [0.15, 0.2) is 6.29 Å². The highest BCUT2D eigenvalue weighted by molar-refractivity contribution is 9.10. The fraction of sp³-hybridized carbons (Fsp3) is 0. The van der Waals surface area contributed by atoms with E-state index in [-0.39, 0.29) is 16.3 Å². The molecular formula is C7H3BrClNO3. The molecule has 13 heavy (non-hydrogen) atoms. The first kappa shape index (κ1) is 10.1. The van der Waals surface area contributed by atoms with Crippen LogP contribution in [0.1, 0.15) is 10.4 Å². The molecule has 0 saturated heterocycles. The maximum atomic E-state index is 10.4. The van der Waals surface area contributed by atoms with Crippen molar-refractivity contribution in [2.75, 3.05) is 0 Å². The highest BCUT2D eigenvalue weighted by atomic mass is 79.9. The molecule has 6 heteroatoms. The minimum Gasteiger partial charge on any atom is -0.298 e. The zero-order valence-corrected chi connectivity index (χ0v) is 8.50. The van der Waals surface area contributed by atoms with E-state index < -0.39 is 4.92 Å². The summed E-state index contributed by atoms with van der Waals surface area (Å²) in [5, 5.41) is 10.4. The molecule has 0 spiro atoms. The molecule has 0 atom stereocenters. The minimum atomic E-state index is -0.637. The summed E-state index contributed by atoms with van der Waals surface area (Å²) >= 11 is 8.62. The number of halogens is 2. The number of benzene rings is 1. The number of carbonyl (C=O) groups is 1. The Labute approximate surface area is 86.8 Å². The minimum absolute atomic E-state index is 0.00229. The second-order valence-electron chi connectivity index (χ2n) is 2.20. The number of rotatable bonds is 2. The number of nitro groups is 1. The first-order chi connectivity index (χ1) is 6.06. The first-order valence-corrected chi connectivity index (χ1v) is 4.32. The van der Waals surface area contributed by atoms with Crippen molar-refractivity contribution in [2.24, 2.45) is 0 Å². The lowest BCUT2D eigenvalue weighted by molar-refractivity contribution is -0.384. The number of hydrogen-bond acceptors (Lipinski definition) is 3. The van der Waals surface area contributed by atoms with Gasteiger partial charge in [-0.3, -0.25) is 14.9 Å². The van der Waals surface area contributed by atoms with Crippen LogP contribution in [0.15, 0.2) is 16.6 Å². The van der Waals surface area contributed by atoms with Crippen molar-refractivity contribution in [1.82, 2.24) is 0 Å². The van der Waals surface area contributed by atoms with E-state index in [1.807, 2.05) is 0 Å². The molecule has 0 amide bonds. The average molecular weight is 264 g/mol. The van der Waals surface area contributed by atoms with Gasteiger partial charge in [0, 0.05) is 16.1 Å². The number of nitro benzene ring substituents is 1. The highest BCUT2D eigenvalue weighted by Gasteiger charge is 2.15. The van der Waals surface area contributed by atoms with E-state index in [1.165, 1.54) is 6.07 Å². The van der Waals surface area contributed by atoms with Gasteiger partial charge in [0.05, 0.1) is 4.92 Å². The summed E-state index contributed by atoms with van der Waals surface area (Å²) in [7, 11) is 0. The fourth-order valence-corrected chi connectivity index (χ4v) is 1.59. The van der Waals surface area contributed by atoms with Crippen LogP contribution in [-0.4, -0.2) is 11.2 Å². The summed E-state index contributed by atoms with van der Waals surface area (Å²) in [6.07, 6.45) is 0.521. The van der Waals surface area contributed by atoms with Gasteiger partial charge in [0.2, 0.25) is 0 Å². The monoisotopic (exact) mass is 263 g/mol. The van der Waals surface area contributed by atoms with E-state index >= 15 is 0 Å². The Kier molecular flexibility index (Phi) is 3.00. The topological polar surface area (TPSA) is 60.2 Å². The van der Waals surface area contributed by atoms with Crippen LogP contribution < -0.4 is 0 Å². The Morgan fingerprint density at radius 2 is 2.15 bits per heavy atom. The predicted octanol–water partition coefficient (Wildman–Crippen LogP) is 2.82. The van der Waals surface area contributed by atoms with Crippen LogP contribution in [0.5, 0.6) is 0 Å². The summed E-state index contributed by atoms with van der Waals surface area (Å²) in [6, 6.07) is 2.45. The highest BCUT2D eigenvalue weighted by Crippen LogP contribution is 2.29. The SMILES string of the molecule is O=Cc1cc([N+](=O)[O-])c(Cl)cc1Br. The molecule has 1 aromatic rings. The molecule has 1 aromatic carbocycles. The summed E-state index contributed by atoms with van der Waals surface area (Å²) in [5.41, 5.74) is -0.0666. The van der Waals surface area contributed by atoms with Crippen LogP contribution in [0.2, 0.25) is 5.02 Å². The van der Waals surface area contributed by atoms with Gasteiger partial charge >= 0.3 is 0 Å². The average Bonchev–Trinajstić information content (AvgIpc) is 2.03. The lowest BCUT2D eigenvalue weighted by Gasteiger charge is -1.98. The Morgan fingerprint density at radius 3 is 2.62 bits per heavy atom. The molecule has 0 bridgehead atoms. The normalized spacial score (nSPS) is 9.69. The van der Waals surface area contributed by atoms with Crippen LogP contribution in [0.25, 0.3) is 0 Å². The van der Waals surface area contributed by atoms with Crippen LogP contribution >= 0.6 is 27.5 Å². The third-order valence-corrected chi connectivity index (χ3v) is 2.38. The summed E-state index contributed by atoms with van der Waals surface area (Å²) in [5.74, 6) is 0. The van der Waals surface area contributed by atoms with Crippen molar-refractivity contribution in [3.05, 3.63) is 37.3 Å². The third kappa shape index (κ3) is 2.05. The van der Waals surface area contributed by atoms with Gasteiger partial charge in [-0.15, -0.1) is 0 Å². The van der Waals surface area contributed by atoms with E-state index in [2.05, 4.69) is 15.9 Å². The maximum absolute atomic E-state index is 10.4. The molecule has 0 saturated carbocycles. The second-order valence-corrected chi connectivity index (χ2v) is 3.46. The van der Waals surface area contributed by atoms with Crippen LogP contribution in [0.3, 0.4) is 0 Å². The molecule has 1 rings (SSSR count). The molecule has 0 aliphatic carbocycles. The van der Waals surface area contributed by atoms with Crippen molar-refractivity contribution >= 4 is 39.5 Å². The molecule has 0 heterocycles. The molecule has 0 aliphatic heterocycles. The molecule has 0 unspecified atom stereocenters. The molecule has 0 N–H and O–H groups in total. The van der Waals surface area contributed by atoms with Crippen LogP contribution in [-0.2, 0) is 0 Å². The Bertz CT molecular complexity index is 380. The van der Waals surface area contributed by atoms with Crippen molar-refractivity contribution in [1.29, 1.82) is 0 Å². The molecule has 0 aliphatic rings. The standard InChI is InChI=1S/C7H3BrClNO3/c8-5-2-6(9)7(10(12)13)1-4(5)3-11/h1-3H. The van der Waals surface area contributed by atoms with Gasteiger partial charge in [0.1, 0.15) is 5.02 Å². The zero-order valence-electron chi connectivity index (χ0n) is 6.16. The molecular weight excluding hydrogens is 261 g/mol. The van der Waals surface area contributed by atoms with E-state index in [1.54, 1.807) is 0 Å². The van der Waals surface area contributed by atoms with Gasteiger partial charge in [-0.1, -0.05) is 11.6 Å². The number of aldehydes is 1. The van der Waals surface area contributed by atoms with Crippen molar-refractivity contribution in [3.63, 3.8) is 0 Å². The van der Waals surface area contributed by atoms with Gasteiger partial charge in [-0.25, -0.2) is 0 Å². The lowest BCUT2D eigenvalue weighted by Crippen LogP contribution is -1.92. The molecule has 4 nitrogen and oxygen atoms in total. The van der Waals surface area contributed by atoms with E-state index in [9.17, 15) is 14.9 Å². The Hall–Kier alpha value is -0.940. The summed E-state index contributed by atoms with van der Waals surface area (Å²) in [4.78, 5) is 20.2. The smallest absolute Gasteiger partial charge is 0.288 e. The number of nitrogens with zero attached hydrogens (tertiary/aromatic N) is 1. The quantitative estimate of drug-likeness (QED) is 0.469. The van der Waals surface area contributed by atoms with Crippen molar-refractivity contribution < 1.29 is 9.72 Å². The van der Waals surface area contributed by atoms with E-state index in [0.717, 1.165) is 6.07 Å². The number of carbonyl (C=O) groups excluding carboxylic acids is 1. The predicted molar refractivity (Wildman–Crippen MR) is 51.2 cm³/mol. The van der Waals surface area contributed by atoms with Crippen molar-refractivity contribution in [3.8, 4) is 0 Å². The lowest BCUT2D eigenvalue weighted by atomic mass is 10.2. The zero-order chi connectivity index (χ0) is 10.0. The van der Waals surface area contributed by atoms with E-state index in [0.29, 0.717) is 10.8 Å². The van der Waals surface area contributed by atoms with E-state index in [4.69, 9.17) is 11.6 Å². The van der Waals surface area contributed by atoms with Gasteiger partial charge < -0.3 is 0 Å². The Morgan fingerprint density at radius 1 is 1.54 bits per heavy atom. The van der Waals surface area contributed by atoms with Gasteiger partial charge in [-0.05, 0) is 22.0 Å². The second kappa shape index (κ2) is 3.85. The van der Waals surface area contributed by atoms with Gasteiger partial charge in [-0.2, -0.15) is 0 Å². The van der Waals surface area contributed by atoms with Gasteiger partial charge in [0.25, 0.3) is 5.69 Å². The molecule has 0 fully saturated rings. The Balaban J connectivity index is 3.38. The fourth-order valence-electron chi connectivity index (χ4n) is 0.784. The molecule has 0 radical (unpaired) electrons. The van der Waals surface area contributed by atoms with Crippen LogP contribution in [0, 0.1) is 10.1 Å². The van der Waals surface area contributed by atoms with Crippen molar-refractivity contribution in [2.45, 2.75) is 0 Å². The number of hydrogen-bond donors (Lipinski definition) is 0. The third-order valence-electron chi connectivity index (χ3n) is 1.39. The largest absolute Gasteiger partial charge is 0.298 e. The van der Waals surface area contributed by atoms with Crippen LogP contribution in [0.4, 0.5) is 5.69 Å². The summed E-state index contributed by atoms with van der Waals surface area (Å²) in [6.45, 7) is 0. The molecule has 0 aromatic heterocycles. The molecule has 68 valence electrons. The maximum Gasteiger partial charge on any atom is 0.288 e. The first-order valence-electron chi connectivity index (χ1n) is 3.15.